The number of ether oxygens (including phenoxy) is 3. The molecule has 0 aromatic heterocycles. The van der Waals surface area contributed by atoms with Crippen molar-refractivity contribution in [1.82, 2.24) is 5.32 Å². The van der Waals surface area contributed by atoms with Crippen molar-refractivity contribution < 1.29 is 23.4 Å². The highest BCUT2D eigenvalue weighted by Crippen LogP contribution is 2.38. The molecule has 0 saturated heterocycles. The molecule has 0 unspecified atom stereocenters. The van der Waals surface area contributed by atoms with E-state index in [0.29, 0.717) is 29.4 Å². The lowest BCUT2D eigenvalue weighted by Crippen LogP contribution is -2.36. The van der Waals surface area contributed by atoms with Gasteiger partial charge in [-0.05, 0) is 29.8 Å². The zero-order valence-electron chi connectivity index (χ0n) is 15.7. The van der Waals surface area contributed by atoms with Crippen LogP contribution in [0, 0.1) is 5.82 Å². The van der Waals surface area contributed by atoms with Crippen LogP contribution in [0.2, 0.25) is 0 Å². The summed E-state index contributed by atoms with van der Waals surface area (Å²) in [7, 11) is 4.50. The van der Waals surface area contributed by atoms with Gasteiger partial charge < -0.3 is 19.5 Å². The molecule has 0 bridgehead atoms. The molecule has 0 radical (unpaired) electrons. The van der Waals surface area contributed by atoms with Crippen molar-refractivity contribution in [2.45, 2.75) is 19.3 Å². The fourth-order valence-corrected chi connectivity index (χ4v) is 2.62. The van der Waals surface area contributed by atoms with Crippen molar-refractivity contribution in [2.75, 3.05) is 27.9 Å². The third kappa shape index (κ3) is 4.25. The average Bonchev–Trinajstić information content (AvgIpc) is 2.65. The average molecular weight is 361 g/mol. The van der Waals surface area contributed by atoms with Crippen molar-refractivity contribution in [3.8, 4) is 17.2 Å². The van der Waals surface area contributed by atoms with E-state index in [2.05, 4.69) is 5.32 Å². The molecule has 2 aromatic carbocycles. The van der Waals surface area contributed by atoms with Crippen LogP contribution in [0.1, 0.15) is 29.8 Å². The van der Waals surface area contributed by atoms with Crippen molar-refractivity contribution in [3.05, 3.63) is 53.3 Å². The first-order valence-electron chi connectivity index (χ1n) is 8.16. The van der Waals surface area contributed by atoms with Gasteiger partial charge in [0.1, 0.15) is 5.82 Å². The minimum absolute atomic E-state index is 0.264. The number of amides is 1. The van der Waals surface area contributed by atoms with Gasteiger partial charge in [0.05, 0.1) is 21.3 Å². The largest absolute Gasteiger partial charge is 0.493 e. The molecule has 0 fully saturated rings. The van der Waals surface area contributed by atoms with E-state index in [1.807, 2.05) is 13.8 Å². The molecule has 0 aliphatic heterocycles. The van der Waals surface area contributed by atoms with Crippen molar-refractivity contribution in [2.24, 2.45) is 0 Å². The van der Waals surface area contributed by atoms with E-state index in [9.17, 15) is 9.18 Å². The van der Waals surface area contributed by atoms with E-state index in [1.54, 1.807) is 24.3 Å². The van der Waals surface area contributed by atoms with E-state index in [4.69, 9.17) is 14.2 Å². The molecule has 1 N–H and O–H groups in total. The van der Waals surface area contributed by atoms with E-state index < -0.39 is 0 Å². The highest BCUT2D eigenvalue weighted by Gasteiger charge is 2.23. The molecule has 0 aliphatic rings. The SMILES string of the molecule is COc1cc(C(=O)NCC(C)(C)c2ccc(F)cc2)cc(OC)c1OC. The zero-order valence-corrected chi connectivity index (χ0v) is 15.7. The van der Waals surface area contributed by atoms with Gasteiger partial charge in [-0.25, -0.2) is 4.39 Å². The van der Waals surface area contributed by atoms with E-state index in [0.717, 1.165) is 5.56 Å². The summed E-state index contributed by atoms with van der Waals surface area (Å²) < 4.78 is 28.9. The number of hydrogen-bond donors (Lipinski definition) is 1. The summed E-state index contributed by atoms with van der Waals surface area (Å²) >= 11 is 0. The van der Waals surface area contributed by atoms with Gasteiger partial charge in [0.25, 0.3) is 5.91 Å². The molecule has 2 aromatic rings. The van der Waals surface area contributed by atoms with Crippen LogP contribution in [0.5, 0.6) is 17.2 Å². The second-order valence-corrected chi connectivity index (χ2v) is 6.49. The van der Waals surface area contributed by atoms with Gasteiger partial charge in [-0.3, -0.25) is 4.79 Å². The maximum Gasteiger partial charge on any atom is 0.251 e. The lowest BCUT2D eigenvalue weighted by Gasteiger charge is -2.26. The molecule has 140 valence electrons. The van der Waals surface area contributed by atoms with Gasteiger partial charge in [0.2, 0.25) is 5.75 Å². The predicted molar refractivity (Wildman–Crippen MR) is 97.9 cm³/mol. The number of nitrogens with one attached hydrogen (secondary N) is 1. The van der Waals surface area contributed by atoms with Crippen LogP contribution in [0.3, 0.4) is 0 Å². The lowest BCUT2D eigenvalue weighted by atomic mass is 9.84. The first-order valence-corrected chi connectivity index (χ1v) is 8.16. The Kier molecular flexibility index (Phi) is 6.08. The number of rotatable bonds is 7. The number of hydrogen-bond acceptors (Lipinski definition) is 4. The Morgan fingerprint density at radius 1 is 1.00 bits per heavy atom. The summed E-state index contributed by atoms with van der Waals surface area (Å²) in [5.41, 5.74) is 0.975. The quantitative estimate of drug-likeness (QED) is 0.819. The molecule has 2 rings (SSSR count). The summed E-state index contributed by atoms with van der Waals surface area (Å²) in [6.45, 7) is 4.35. The Bertz CT molecular complexity index is 747. The first-order chi connectivity index (χ1) is 12.3. The minimum atomic E-state index is -0.357. The topological polar surface area (TPSA) is 56.8 Å². The Labute approximate surface area is 153 Å². The Morgan fingerprint density at radius 3 is 2.00 bits per heavy atom. The van der Waals surface area contributed by atoms with E-state index in [-0.39, 0.29) is 17.1 Å². The summed E-state index contributed by atoms with van der Waals surface area (Å²) in [5, 5.41) is 2.91. The Morgan fingerprint density at radius 2 is 1.54 bits per heavy atom. The van der Waals surface area contributed by atoms with Crippen LogP contribution in [0.25, 0.3) is 0 Å². The van der Waals surface area contributed by atoms with Crippen LogP contribution in [0.15, 0.2) is 36.4 Å². The lowest BCUT2D eigenvalue weighted by molar-refractivity contribution is 0.0945. The van der Waals surface area contributed by atoms with Crippen molar-refractivity contribution in [3.63, 3.8) is 0 Å². The van der Waals surface area contributed by atoms with Crippen LogP contribution in [-0.4, -0.2) is 33.8 Å². The van der Waals surface area contributed by atoms with Gasteiger partial charge >= 0.3 is 0 Å². The highest BCUT2D eigenvalue weighted by molar-refractivity contribution is 5.95. The summed E-state index contributed by atoms with van der Waals surface area (Å²) in [6, 6.07) is 9.47. The third-order valence-corrected chi connectivity index (χ3v) is 4.24. The monoisotopic (exact) mass is 361 g/mol. The molecular formula is C20H24FNO4. The number of carbonyl (C=O) groups is 1. The predicted octanol–water partition coefficient (Wildman–Crippen LogP) is 3.56. The van der Waals surface area contributed by atoms with Crippen molar-refractivity contribution in [1.29, 1.82) is 0 Å². The molecule has 26 heavy (non-hydrogen) atoms. The number of benzene rings is 2. The number of halogens is 1. The second kappa shape index (κ2) is 8.08. The molecule has 0 heterocycles. The van der Waals surface area contributed by atoms with Crippen LogP contribution < -0.4 is 19.5 Å². The fraction of sp³-hybridized carbons (Fsp3) is 0.350. The van der Waals surface area contributed by atoms with Gasteiger partial charge in [-0.15, -0.1) is 0 Å². The van der Waals surface area contributed by atoms with Gasteiger partial charge in [0.15, 0.2) is 11.5 Å². The van der Waals surface area contributed by atoms with Gasteiger partial charge in [-0.1, -0.05) is 26.0 Å². The maximum absolute atomic E-state index is 13.1. The summed E-state index contributed by atoms with van der Waals surface area (Å²) in [5.74, 6) is 0.702. The minimum Gasteiger partial charge on any atom is -0.493 e. The molecule has 0 spiro atoms. The number of carbonyl (C=O) groups excluding carboxylic acids is 1. The van der Waals surface area contributed by atoms with Gasteiger partial charge in [0, 0.05) is 17.5 Å². The van der Waals surface area contributed by atoms with Crippen LogP contribution in [0.4, 0.5) is 4.39 Å². The Balaban J connectivity index is 2.18. The fourth-order valence-electron chi connectivity index (χ4n) is 2.62. The number of methoxy groups -OCH3 is 3. The summed E-state index contributed by atoms with van der Waals surface area (Å²) in [4.78, 5) is 12.6. The molecular weight excluding hydrogens is 337 g/mol. The molecule has 1 amide bonds. The van der Waals surface area contributed by atoms with Crippen LogP contribution >= 0.6 is 0 Å². The molecule has 0 aliphatic carbocycles. The van der Waals surface area contributed by atoms with Crippen LogP contribution in [-0.2, 0) is 5.41 Å². The Hall–Kier alpha value is -2.76. The van der Waals surface area contributed by atoms with Crippen molar-refractivity contribution >= 4 is 5.91 Å². The second-order valence-electron chi connectivity index (χ2n) is 6.49. The zero-order chi connectivity index (χ0) is 19.3. The smallest absolute Gasteiger partial charge is 0.251 e. The molecule has 5 nitrogen and oxygen atoms in total. The highest BCUT2D eigenvalue weighted by atomic mass is 19.1. The van der Waals surface area contributed by atoms with E-state index >= 15 is 0 Å². The standard InChI is InChI=1S/C20H24FNO4/c1-20(2,14-6-8-15(21)9-7-14)12-22-19(23)13-10-16(24-3)18(26-5)17(11-13)25-4/h6-11H,12H2,1-5H3,(H,22,23). The molecule has 6 heteroatoms. The van der Waals surface area contributed by atoms with Gasteiger partial charge in [-0.2, -0.15) is 0 Å². The molecule has 0 saturated carbocycles. The normalized spacial score (nSPS) is 11.0. The first kappa shape index (κ1) is 19.6. The summed E-state index contributed by atoms with van der Waals surface area (Å²) in [6.07, 6.45) is 0. The van der Waals surface area contributed by atoms with E-state index in [1.165, 1.54) is 33.5 Å². The maximum atomic E-state index is 13.1. The third-order valence-electron chi connectivity index (χ3n) is 4.24. The molecule has 0 atom stereocenters.